The van der Waals surface area contributed by atoms with E-state index in [2.05, 4.69) is 62.5 Å². The average molecular weight is 410 g/mol. The maximum atomic E-state index is 5.99. The molecule has 4 rings (SSSR count). The number of aryl methyl sites for hydroxylation is 1. The lowest BCUT2D eigenvalue weighted by Crippen LogP contribution is -2.36. The van der Waals surface area contributed by atoms with Gasteiger partial charge in [-0.05, 0) is 88.1 Å². The monoisotopic (exact) mass is 409 g/mol. The van der Waals surface area contributed by atoms with Gasteiger partial charge in [0.05, 0.1) is 5.60 Å². The molecule has 30 heavy (non-hydrogen) atoms. The molecule has 2 unspecified atom stereocenters. The third-order valence-corrected chi connectivity index (χ3v) is 6.44. The summed E-state index contributed by atoms with van der Waals surface area (Å²) in [5, 5.41) is 3.61. The normalized spacial score (nSPS) is 20.8. The Bertz CT molecular complexity index is 831. The van der Waals surface area contributed by atoms with Crippen LogP contribution in [0.5, 0.6) is 11.5 Å². The molecular weight excluding hydrogens is 374 g/mol. The Morgan fingerprint density at radius 2 is 1.87 bits per heavy atom. The van der Waals surface area contributed by atoms with Crippen molar-refractivity contribution in [3.05, 3.63) is 59.2 Å². The maximum absolute atomic E-state index is 5.99. The molecule has 2 aliphatic heterocycles. The van der Waals surface area contributed by atoms with Crippen molar-refractivity contribution in [2.45, 2.75) is 64.5 Å². The fraction of sp³-hybridized carbons (Fsp3) is 0.538. The van der Waals surface area contributed by atoms with Crippen molar-refractivity contribution in [2.75, 3.05) is 19.9 Å². The van der Waals surface area contributed by atoms with Crippen molar-refractivity contribution < 1.29 is 14.2 Å². The quantitative estimate of drug-likeness (QED) is 0.578. The summed E-state index contributed by atoms with van der Waals surface area (Å²) in [6.07, 6.45) is 4.67. The third kappa shape index (κ3) is 5.35. The number of benzene rings is 2. The highest BCUT2D eigenvalue weighted by Crippen LogP contribution is 2.40. The van der Waals surface area contributed by atoms with Gasteiger partial charge in [0.2, 0.25) is 6.79 Å². The van der Waals surface area contributed by atoms with Crippen LogP contribution in [0.15, 0.2) is 42.5 Å². The minimum absolute atomic E-state index is 0.0104. The first-order chi connectivity index (χ1) is 14.5. The van der Waals surface area contributed by atoms with Crippen molar-refractivity contribution in [3.63, 3.8) is 0 Å². The molecule has 4 nitrogen and oxygen atoms in total. The van der Waals surface area contributed by atoms with Gasteiger partial charge >= 0.3 is 0 Å². The summed E-state index contributed by atoms with van der Waals surface area (Å²) in [6, 6.07) is 15.4. The lowest BCUT2D eigenvalue weighted by molar-refractivity contribution is -0.0772. The summed E-state index contributed by atoms with van der Waals surface area (Å²) >= 11 is 0. The molecule has 0 radical (unpaired) electrons. The van der Waals surface area contributed by atoms with Crippen LogP contribution in [0.3, 0.4) is 0 Å². The molecule has 1 N–H and O–H groups in total. The predicted molar refractivity (Wildman–Crippen MR) is 120 cm³/mol. The molecule has 0 aliphatic carbocycles. The van der Waals surface area contributed by atoms with Gasteiger partial charge in [0, 0.05) is 13.2 Å². The van der Waals surface area contributed by atoms with E-state index in [9.17, 15) is 0 Å². The fourth-order valence-electron chi connectivity index (χ4n) is 4.84. The molecule has 2 aromatic rings. The third-order valence-electron chi connectivity index (χ3n) is 6.44. The van der Waals surface area contributed by atoms with Crippen LogP contribution in [0.2, 0.25) is 0 Å². The van der Waals surface area contributed by atoms with Gasteiger partial charge < -0.3 is 19.5 Å². The van der Waals surface area contributed by atoms with Crippen LogP contribution in [0.4, 0.5) is 0 Å². The summed E-state index contributed by atoms with van der Waals surface area (Å²) < 4.78 is 16.9. The van der Waals surface area contributed by atoms with Gasteiger partial charge in [-0.1, -0.05) is 35.9 Å². The minimum Gasteiger partial charge on any atom is -0.454 e. The highest BCUT2D eigenvalue weighted by atomic mass is 16.7. The maximum Gasteiger partial charge on any atom is 0.231 e. The fourth-order valence-corrected chi connectivity index (χ4v) is 4.84. The van der Waals surface area contributed by atoms with E-state index < -0.39 is 0 Å². The molecule has 1 fully saturated rings. The molecule has 2 aliphatic rings. The van der Waals surface area contributed by atoms with E-state index in [1.165, 1.54) is 29.5 Å². The molecule has 0 aromatic heterocycles. The SMILES string of the molecule is Cc1ccc(C(CCCNCc2ccc3c(c2)OCO3)C2CCOC(C)(C)C2)cc1. The average Bonchev–Trinajstić information content (AvgIpc) is 3.19. The van der Waals surface area contributed by atoms with Gasteiger partial charge in [-0.25, -0.2) is 0 Å². The molecule has 2 atom stereocenters. The minimum atomic E-state index is -0.0104. The van der Waals surface area contributed by atoms with Crippen LogP contribution < -0.4 is 14.8 Å². The highest BCUT2D eigenvalue weighted by Gasteiger charge is 2.33. The summed E-state index contributed by atoms with van der Waals surface area (Å²) in [4.78, 5) is 0. The molecular formula is C26H35NO3. The Balaban J connectivity index is 1.32. The Morgan fingerprint density at radius 1 is 1.07 bits per heavy atom. The van der Waals surface area contributed by atoms with E-state index >= 15 is 0 Å². The number of hydrogen-bond donors (Lipinski definition) is 1. The summed E-state index contributed by atoms with van der Waals surface area (Å²) in [7, 11) is 0. The highest BCUT2D eigenvalue weighted by molar-refractivity contribution is 5.44. The molecule has 2 aromatic carbocycles. The molecule has 162 valence electrons. The molecule has 0 spiro atoms. The van der Waals surface area contributed by atoms with E-state index in [0.29, 0.717) is 18.6 Å². The molecule has 1 saturated heterocycles. The van der Waals surface area contributed by atoms with Crippen molar-refractivity contribution in [1.29, 1.82) is 0 Å². The second-order valence-electron chi connectivity index (χ2n) is 9.38. The predicted octanol–water partition coefficient (Wildman–Crippen LogP) is 5.58. The largest absolute Gasteiger partial charge is 0.454 e. The number of rotatable bonds is 8. The summed E-state index contributed by atoms with van der Waals surface area (Å²) in [6.45, 7) is 9.71. The van der Waals surface area contributed by atoms with Crippen LogP contribution in [0.1, 0.15) is 62.1 Å². The van der Waals surface area contributed by atoms with Crippen LogP contribution in [-0.4, -0.2) is 25.5 Å². The molecule has 4 heteroatoms. The molecule has 0 saturated carbocycles. The van der Waals surface area contributed by atoms with Gasteiger partial charge in [0.15, 0.2) is 11.5 Å². The van der Waals surface area contributed by atoms with Crippen molar-refractivity contribution in [2.24, 2.45) is 5.92 Å². The standard InChI is InChI=1S/C26H35NO3/c1-19-6-9-21(10-7-19)23(22-12-14-30-26(2,3)16-22)5-4-13-27-17-20-8-11-24-25(15-20)29-18-28-24/h6-11,15,22-23,27H,4-5,12-14,16-18H2,1-3H3. The van der Waals surface area contributed by atoms with Gasteiger partial charge in [-0.3, -0.25) is 0 Å². The Kier molecular flexibility index (Phi) is 6.64. The molecule has 0 bridgehead atoms. The van der Waals surface area contributed by atoms with Gasteiger partial charge in [-0.2, -0.15) is 0 Å². The van der Waals surface area contributed by atoms with Crippen LogP contribution in [0.25, 0.3) is 0 Å². The number of fused-ring (bicyclic) bond motifs is 1. The van der Waals surface area contributed by atoms with Crippen LogP contribution in [0, 0.1) is 12.8 Å². The van der Waals surface area contributed by atoms with E-state index in [0.717, 1.165) is 44.0 Å². The zero-order valence-electron chi connectivity index (χ0n) is 18.6. The van der Waals surface area contributed by atoms with E-state index in [4.69, 9.17) is 14.2 Å². The smallest absolute Gasteiger partial charge is 0.231 e. The zero-order valence-corrected chi connectivity index (χ0v) is 18.6. The van der Waals surface area contributed by atoms with E-state index in [1.807, 2.05) is 6.07 Å². The van der Waals surface area contributed by atoms with E-state index in [-0.39, 0.29) is 5.60 Å². The van der Waals surface area contributed by atoms with Crippen LogP contribution in [-0.2, 0) is 11.3 Å². The van der Waals surface area contributed by atoms with Gasteiger partial charge in [0.1, 0.15) is 0 Å². The molecule has 0 amide bonds. The lowest BCUT2D eigenvalue weighted by Gasteiger charge is -2.39. The summed E-state index contributed by atoms with van der Waals surface area (Å²) in [5.41, 5.74) is 4.04. The number of hydrogen-bond acceptors (Lipinski definition) is 4. The topological polar surface area (TPSA) is 39.7 Å². The van der Waals surface area contributed by atoms with Crippen molar-refractivity contribution >= 4 is 0 Å². The number of ether oxygens (including phenoxy) is 3. The molecule has 2 heterocycles. The Morgan fingerprint density at radius 3 is 2.67 bits per heavy atom. The van der Waals surface area contributed by atoms with Gasteiger partial charge in [-0.15, -0.1) is 0 Å². The van der Waals surface area contributed by atoms with Gasteiger partial charge in [0.25, 0.3) is 0 Å². The lowest BCUT2D eigenvalue weighted by atomic mass is 9.74. The first-order valence-corrected chi connectivity index (χ1v) is 11.3. The second-order valence-corrected chi connectivity index (χ2v) is 9.38. The number of nitrogens with one attached hydrogen (secondary N) is 1. The Hall–Kier alpha value is -2.04. The van der Waals surface area contributed by atoms with E-state index in [1.54, 1.807) is 0 Å². The zero-order chi connectivity index (χ0) is 21.0. The first kappa shape index (κ1) is 21.2. The van der Waals surface area contributed by atoms with Crippen LogP contribution >= 0.6 is 0 Å². The van der Waals surface area contributed by atoms with Crippen molar-refractivity contribution in [1.82, 2.24) is 5.32 Å². The Labute approximate surface area is 180 Å². The summed E-state index contributed by atoms with van der Waals surface area (Å²) in [5.74, 6) is 2.99. The van der Waals surface area contributed by atoms with Crippen molar-refractivity contribution in [3.8, 4) is 11.5 Å². The first-order valence-electron chi connectivity index (χ1n) is 11.3. The second kappa shape index (κ2) is 9.40.